The predicted octanol–water partition coefficient (Wildman–Crippen LogP) is 2.26. The maximum atomic E-state index is 11.7. The van der Waals surface area contributed by atoms with Gasteiger partial charge < -0.3 is 20.6 Å². The number of benzene rings is 1. The summed E-state index contributed by atoms with van der Waals surface area (Å²) in [4.78, 5) is 24.2. The summed E-state index contributed by atoms with van der Waals surface area (Å²) in [5.74, 6) is -0.306. The Bertz CT molecular complexity index is 527. The zero-order valence-corrected chi connectivity index (χ0v) is 15.0. The summed E-state index contributed by atoms with van der Waals surface area (Å²) in [6.07, 6.45) is 0.971. The normalized spacial score (nSPS) is 12.2. The fourth-order valence-corrected chi connectivity index (χ4v) is 2.48. The molecule has 0 bridgehead atoms. The molecule has 0 aliphatic heterocycles. The minimum atomic E-state index is -0.928. The number of nitrogens with one attached hydrogen (secondary N) is 2. The van der Waals surface area contributed by atoms with E-state index < -0.39 is 5.97 Å². The third kappa shape index (κ3) is 7.46. The Hall–Kier alpha value is -2.08. The molecule has 3 N–H and O–H groups in total. The molecule has 0 saturated carbocycles. The van der Waals surface area contributed by atoms with Crippen LogP contribution in [-0.4, -0.2) is 49.2 Å². The minimum absolute atomic E-state index is 0.0586. The van der Waals surface area contributed by atoms with E-state index in [-0.39, 0.29) is 25.0 Å². The quantitative estimate of drug-likeness (QED) is 0.646. The van der Waals surface area contributed by atoms with Gasteiger partial charge in [-0.25, -0.2) is 4.79 Å². The monoisotopic (exact) mass is 335 g/mol. The number of aliphatic carboxylic acids is 1. The molecule has 1 aromatic carbocycles. The number of hydrogen-bond donors (Lipinski definition) is 3. The SMILES string of the molecule is CC(C)Cc1ccc(C(CNC(=O)NCCC(=O)O)N(C)C)cc1. The summed E-state index contributed by atoms with van der Waals surface area (Å²) >= 11 is 0. The minimum Gasteiger partial charge on any atom is -0.481 e. The summed E-state index contributed by atoms with van der Waals surface area (Å²) in [5.41, 5.74) is 2.45. The van der Waals surface area contributed by atoms with Crippen LogP contribution in [0.4, 0.5) is 4.79 Å². The first-order valence-electron chi connectivity index (χ1n) is 8.28. The van der Waals surface area contributed by atoms with Crippen molar-refractivity contribution in [1.82, 2.24) is 15.5 Å². The van der Waals surface area contributed by atoms with Gasteiger partial charge in [0.2, 0.25) is 0 Å². The third-order valence-electron chi connectivity index (χ3n) is 3.71. The molecule has 1 unspecified atom stereocenters. The van der Waals surface area contributed by atoms with Crippen molar-refractivity contribution in [2.75, 3.05) is 27.2 Å². The van der Waals surface area contributed by atoms with Gasteiger partial charge >= 0.3 is 12.0 Å². The molecule has 1 aromatic rings. The average molecular weight is 335 g/mol. The number of nitrogens with zero attached hydrogens (tertiary/aromatic N) is 1. The molecule has 134 valence electrons. The number of urea groups is 1. The van der Waals surface area contributed by atoms with E-state index in [9.17, 15) is 9.59 Å². The van der Waals surface area contributed by atoms with Crippen LogP contribution in [0.2, 0.25) is 0 Å². The summed E-state index contributed by atoms with van der Waals surface area (Å²) in [6.45, 7) is 4.97. The lowest BCUT2D eigenvalue weighted by atomic mass is 9.99. The van der Waals surface area contributed by atoms with Gasteiger partial charge in [-0.05, 0) is 37.6 Å². The Morgan fingerprint density at radius 2 is 1.75 bits per heavy atom. The predicted molar refractivity (Wildman–Crippen MR) is 95.1 cm³/mol. The van der Waals surface area contributed by atoms with Crippen LogP contribution in [0.15, 0.2) is 24.3 Å². The molecule has 0 aromatic heterocycles. The topological polar surface area (TPSA) is 81.7 Å². The molecule has 0 saturated heterocycles. The average Bonchev–Trinajstić information content (AvgIpc) is 2.47. The molecule has 1 atom stereocenters. The number of carboxylic acids is 1. The number of carbonyl (C=O) groups is 2. The zero-order chi connectivity index (χ0) is 18.1. The highest BCUT2D eigenvalue weighted by Gasteiger charge is 2.15. The molecule has 6 heteroatoms. The van der Waals surface area contributed by atoms with E-state index in [0.717, 1.165) is 12.0 Å². The van der Waals surface area contributed by atoms with Crippen LogP contribution in [0.5, 0.6) is 0 Å². The van der Waals surface area contributed by atoms with Gasteiger partial charge in [-0.15, -0.1) is 0 Å². The number of rotatable bonds is 9. The van der Waals surface area contributed by atoms with Crippen LogP contribution in [0.3, 0.4) is 0 Å². The van der Waals surface area contributed by atoms with Gasteiger partial charge in [-0.2, -0.15) is 0 Å². The first kappa shape index (κ1) is 20.0. The Morgan fingerprint density at radius 3 is 2.25 bits per heavy atom. The van der Waals surface area contributed by atoms with Crippen molar-refractivity contribution in [3.63, 3.8) is 0 Å². The largest absolute Gasteiger partial charge is 0.481 e. The van der Waals surface area contributed by atoms with Crippen molar-refractivity contribution in [2.45, 2.75) is 32.7 Å². The fraction of sp³-hybridized carbons (Fsp3) is 0.556. The molecule has 0 heterocycles. The van der Waals surface area contributed by atoms with Crippen LogP contribution in [0.1, 0.15) is 37.4 Å². The molecule has 6 nitrogen and oxygen atoms in total. The van der Waals surface area contributed by atoms with E-state index in [4.69, 9.17) is 5.11 Å². The van der Waals surface area contributed by atoms with Crippen molar-refractivity contribution in [3.8, 4) is 0 Å². The van der Waals surface area contributed by atoms with E-state index in [1.54, 1.807) is 0 Å². The van der Waals surface area contributed by atoms with Gasteiger partial charge in [0.15, 0.2) is 0 Å². The summed E-state index contributed by atoms with van der Waals surface area (Å²) in [5, 5.41) is 13.9. The molecule has 0 fully saturated rings. The van der Waals surface area contributed by atoms with E-state index >= 15 is 0 Å². The lowest BCUT2D eigenvalue weighted by Crippen LogP contribution is -2.41. The Labute approximate surface area is 144 Å². The molecular weight excluding hydrogens is 306 g/mol. The van der Waals surface area contributed by atoms with Crippen molar-refractivity contribution in [3.05, 3.63) is 35.4 Å². The van der Waals surface area contributed by atoms with Crippen molar-refractivity contribution in [2.24, 2.45) is 5.92 Å². The second kappa shape index (κ2) is 9.93. The molecule has 24 heavy (non-hydrogen) atoms. The Balaban J connectivity index is 2.57. The van der Waals surface area contributed by atoms with Gasteiger partial charge in [-0.1, -0.05) is 38.1 Å². The highest BCUT2D eigenvalue weighted by molar-refractivity contribution is 5.75. The van der Waals surface area contributed by atoms with Crippen LogP contribution in [0.25, 0.3) is 0 Å². The fourth-order valence-electron chi connectivity index (χ4n) is 2.48. The van der Waals surface area contributed by atoms with Crippen LogP contribution < -0.4 is 10.6 Å². The van der Waals surface area contributed by atoms with Crippen molar-refractivity contribution in [1.29, 1.82) is 0 Å². The highest BCUT2D eigenvalue weighted by atomic mass is 16.4. The Morgan fingerprint density at radius 1 is 1.12 bits per heavy atom. The standard InChI is InChI=1S/C18H29N3O3/c1-13(2)11-14-5-7-15(8-6-14)16(21(3)4)12-20-18(24)19-10-9-17(22)23/h5-8,13,16H,9-12H2,1-4H3,(H,22,23)(H2,19,20,24). The van der Waals surface area contributed by atoms with Gasteiger partial charge in [0.1, 0.15) is 0 Å². The van der Waals surface area contributed by atoms with Gasteiger partial charge in [-0.3, -0.25) is 4.79 Å². The van der Waals surface area contributed by atoms with Gasteiger partial charge in [0, 0.05) is 13.1 Å². The van der Waals surface area contributed by atoms with E-state index in [1.165, 1.54) is 5.56 Å². The van der Waals surface area contributed by atoms with Crippen LogP contribution >= 0.6 is 0 Å². The number of amides is 2. The lowest BCUT2D eigenvalue weighted by Gasteiger charge is -2.25. The number of hydrogen-bond acceptors (Lipinski definition) is 3. The Kier molecular flexibility index (Phi) is 8.26. The molecule has 2 amide bonds. The second-order valence-corrected chi connectivity index (χ2v) is 6.60. The molecule has 0 aliphatic rings. The summed E-state index contributed by atoms with van der Waals surface area (Å²) in [6, 6.07) is 8.19. The van der Waals surface area contributed by atoms with Gasteiger partial charge in [0.05, 0.1) is 12.5 Å². The molecule has 0 radical (unpaired) electrons. The molecule has 1 rings (SSSR count). The van der Waals surface area contributed by atoms with Crippen molar-refractivity contribution >= 4 is 12.0 Å². The van der Waals surface area contributed by atoms with Gasteiger partial charge in [0.25, 0.3) is 0 Å². The smallest absolute Gasteiger partial charge is 0.314 e. The summed E-state index contributed by atoms with van der Waals surface area (Å²) < 4.78 is 0. The molecule has 0 aliphatic carbocycles. The zero-order valence-electron chi connectivity index (χ0n) is 15.0. The third-order valence-corrected chi connectivity index (χ3v) is 3.71. The van der Waals surface area contributed by atoms with Crippen molar-refractivity contribution < 1.29 is 14.7 Å². The maximum Gasteiger partial charge on any atom is 0.314 e. The van der Waals surface area contributed by atoms with E-state index in [1.807, 2.05) is 14.1 Å². The number of carbonyl (C=O) groups excluding carboxylic acids is 1. The van der Waals surface area contributed by atoms with E-state index in [0.29, 0.717) is 12.5 Å². The van der Waals surface area contributed by atoms with E-state index in [2.05, 4.69) is 53.6 Å². The second-order valence-electron chi connectivity index (χ2n) is 6.60. The lowest BCUT2D eigenvalue weighted by molar-refractivity contribution is -0.136. The summed E-state index contributed by atoms with van der Waals surface area (Å²) in [7, 11) is 3.94. The first-order chi connectivity index (χ1) is 11.3. The maximum absolute atomic E-state index is 11.7. The number of carboxylic acid groups (broad SMARTS) is 1. The highest BCUT2D eigenvalue weighted by Crippen LogP contribution is 2.19. The first-order valence-corrected chi connectivity index (χ1v) is 8.28. The van der Waals surface area contributed by atoms with Crippen LogP contribution in [0, 0.1) is 5.92 Å². The number of likely N-dealkylation sites (N-methyl/N-ethyl adjacent to an activating group) is 1. The molecule has 0 spiro atoms. The molecular formula is C18H29N3O3. The van der Waals surface area contributed by atoms with Crippen LogP contribution in [-0.2, 0) is 11.2 Å².